The molecule has 4 aromatic rings. The Morgan fingerprint density at radius 1 is 0.931 bits per heavy atom. The number of fused-ring (bicyclic) bond motifs is 1. The Balaban J connectivity index is 1.37. The highest BCUT2D eigenvalue weighted by Crippen LogP contribution is 2.17. The first-order valence-electron chi connectivity index (χ1n) is 9.36. The summed E-state index contributed by atoms with van der Waals surface area (Å²) in [5.74, 6) is -0.592. The van der Waals surface area contributed by atoms with Gasteiger partial charge in [0.1, 0.15) is 5.69 Å². The lowest BCUT2D eigenvalue weighted by atomic mass is 10.1. The van der Waals surface area contributed by atoms with Crippen molar-refractivity contribution in [3.8, 4) is 0 Å². The molecule has 2 heterocycles. The third-order valence-corrected chi connectivity index (χ3v) is 4.64. The van der Waals surface area contributed by atoms with Crippen molar-refractivity contribution in [2.75, 3.05) is 11.9 Å². The number of H-pyrrole nitrogens is 1. The molecular formula is C23H20N4O2. The minimum Gasteiger partial charge on any atom is -0.361 e. The maximum Gasteiger partial charge on any atom is 0.269 e. The molecule has 2 aromatic heterocycles. The fourth-order valence-corrected chi connectivity index (χ4v) is 3.16. The number of benzene rings is 2. The first-order chi connectivity index (χ1) is 14.2. The van der Waals surface area contributed by atoms with Crippen LogP contribution in [0, 0.1) is 0 Å². The van der Waals surface area contributed by atoms with Gasteiger partial charge in [0.05, 0.1) is 0 Å². The topological polar surface area (TPSA) is 86.9 Å². The van der Waals surface area contributed by atoms with Gasteiger partial charge in [-0.3, -0.25) is 14.6 Å². The van der Waals surface area contributed by atoms with Gasteiger partial charge in [-0.15, -0.1) is 0 Å². The van der Waals surface area contributed by atoms with Crippen molar-refractivity contribution < 1.29 is 9.59 Å². The van der Waals surface area contributed by atoms with Crippen LogP contribution in [0.5, 0.6) is 0 Å². The van der Waals surface area contributed by atoms with E-state index in [-0.39, 0.29) is 17.5 Å². The molecule has 0 radical (unpaired) electrons. The summed E-state index contributed by atoms with van der Waals surface area (Å²) in [4.78, 5) is 32.2. The van der Waals surface area contributed by atoms with Crippen molar-refractivity contribution >= 4 is 28.4 Å². The number of nitrogens with zero attached hydrogens (tertiary/aromatic N) is 1. The van der Waals surface area contributed by atoms with Gasteiger partial charge in [-0.25, -0.2) is 0 Å². The summed E-state index contributed by atoms with van der Waals surface area (Å²) in [5, 5.41) is 6.82. The highest BCUT2D eigenvalue weighted by molar-refractivity contribution is 6.05. The van der Waals surface area contributed by atoms with E-state index >= 15 is 0 Å². The van der Waals surface area contributed by atoms with Crippen molar-refractivity contribution in [3.05, 3.63) is 95.9 Å². The number of rotatable bonds is 6. The summed E-state index contributed by atoms with van der Waals surface area (Å²) in [6.07, 6.45) is 4.13. The van der Waals surface area contributed by atoms with Gasteiger partial charge in [0.25, 0.3) is 11.8 Å². The van der Waals surface area contributed by atoms with Crippen LogP contribution in [0.1, 0.15) is 26.4 Å². The van der Waals surface area contributed by atoms with Gasteiger partial charge >= 0.3 is 0 Å². The van der Waals surface area contributed by atoms with E-state index in [0.29, 0.717) is 24.2 Å². The number of hydrogen-bond donors (Lipinski definition) is 3. The summed E-state index contributed by atoms with van der Waals surface area (Å²) in [6.45, 7) is 0.475. The van der Waals surface area contributed by atoms with Crippen molar-refractivity contribution in [1.82, 2.24) is 15.3 Å². The molecule has 144 valence electrons. The standard InChI is InChI=1S/C23H20N4O2/c28-22(27-18-6-2-1-3-7-18)16-10-12-24-21(14-16)23(29)25-13-11-17-15-26-20-9-5-4-8-19(17)20/h1-10,12,14-15,26H,11,13H2,(H,25,29)(H,27,28). The average molecular weight is 384 g/mol. The normalized spacial score (nSPS) is 10.6. The van der Waals surface area contributed by atoms with Crippen molar-refractivity contribution in [3.63, 3.8) is 0 Å². The van der Waals surface area contributed by atoms with Crippen LogP contribution in [0.15, 0.2) is 79.1 Å². The second-order valence-electron chi connectivity index (χ2n) is 6.62. The van der Waals surface area contributed by atoms with Crippen LogP contribution in [-0.2, 0) is 6.42 Å². The molecule has 2 amide bonds. The smallest absolute Gasteiger partial charge is 0.269 e. The fourth-order valence-electron chi connectivity index (χ4n) is 3.16. The predicted molar refractivity (Wildman–Crippen MR) is 113 cm³/mol. The third kappa shape index (κ3) is 4.32. The quantitative estimate of drug-likeness (QED) is 0.473. The number of aromatic amines is 1. The molecule has 0 spiro atoms. The summed E-state index contributed by atoms with van der Waals surface area (Å²) < 4.78 is 0. The SMILES string of the molecule is O=C(Nc1ccccc1)c1ccnc(C(=O)NCCc2c[nH]c3ccccc23)c1. The molecule has 0 saturated carbocycles. The Morgan fingerprint density at radius 2 is 1.72 bits per heavy atom. The number of amides is 2. The van der Waals surface area contributed by atoms with Gasteiger partial charge in [0.2, 0.25) is 0 Å². The van der Waals surface area contributed by atoms with E-state index < -0.39 is 0 Å². The molecule has 3 N–H and O–H groups in total. The summed E-state index contributed by atoms with van der Waals surface area (Å²) in [6, 6.07) is 20.3. The lowest BCUT2D eigenvalue weighted by Crippen LogP contribution is -2.27. The monoisotopic (exact) mass is 384 g/mol. The molecule has 6 nitrogen and oxygen atoms in total. The van der Waals surface area contributed by atoms with Gasteiger partial charge in [0.15, 0.2) is 0 Å². The van der Waals surface area contributed by atoms with E-state index in [0.717, 1.165) is 16.5 Å². The average Bonchev–Trinajstić information content (AvgIpc) is 3.18. The number of anilines is 1. The Morgan fingerprint density at radius 3 is 2.59 bits per heavy atom. The van der Waals surface area contributed by atoms with E-state index in [4.69, 9.17) is 0 Å². The number of carbonyl (C=O) groups excluding carboxylic acids is 2. The number of hydrogen-bond acceptors (Lipinski definition) is 3. The molecule has 0 aliphatic carbocycles. The van der Waals surface area contributed by atoms with Gasteiger partial charge in [0, 0.05) is 41.1 Å². The summed E-state index contributed by atoms with van der Waals surface area (Å²) in [7, 11) is 0. The second kappa shape index (κ2) is 8.39. The minimum absolute atomic E-state index is 0.213. The van der Waals surface area contributed by atoms with Crippen molar-refractivity contribution in [1.29, 1.82) is 0 Å². The Bertz CT molecular complexity index is 1150. The van der Waals surface area contributed by atoms with Gasteiger partial charge in [-0.2, -0.15) is 0 Å². The van der Waals surface area contributed by atoms with Gasteiger partial charge < -0.3 is 15.6 Å². The molecule has 4 rings (SSSR count). The largest absolute Gasteiger partial charge is 0.361 e. The van der Waals surface area contributed by atoms with Gasteiger partial charge in [-0.05, 0) is 42.3 Å². The van der Waals surface area contributed by atoms with Gasteiger partial charge in [-0.1, -0.05) is 36.4 Å². The molecule has 0 aliphatic rings. The molecule has 0 fully saturated rings. The van der Waals surface area contributed by atoms with Crippen LogP contribution in [0.3, 0.4) is 0 Å². The molecule has 2 aromatic carbocycles. The van der Waals surface area contributed by atoms with E-state index in [1.54, 1.807) is 18.2 Å². The van der Waals surface area contributed by atoms with Crippen LogP contribution < -0.4 is 10.6 Å². The summed E-state index contributed by atoms with van der Waals surface area (Å²) >= 11 is 0. The van der Waals surface area contributed by atoms with Crippen LogP contribution in [-0.4, -0.2) is 28.3 Å². The predicted octanol–water partition coefficient (Wildman–Crippen LogP) is 3.79. The first kappa shape index (κ1) is 18.4. The minimum atomic E-state index is -0.306. The lowest BCUT2D eigenvalue weighted by molar-refractivity contribution is 0.0949. The highest BCUT2D eigenvalue weighted by atomic mass is 16.2. The lowest BCUT2D eigenvalue weighted by Gasteiger charge is -2.07. The zero-order chi connectivity index (χ0) is 20.1. The molecule has 0 atom stereocenters. The van der Waals surface area contributed by atoms with E-state index in [9.17, 15) is 9.59 Å². The van der Waals surface area contributed by atoms with E-state index in [2.05, 4.69) is 26.7 Å². The maximum atomic E-state index is 12.5. The number of carbonyl (C=O) groups is 2. The first-order valence-corrected chi connectivity index (χ1v) is 9.36. The highest BCUT2D eigenvalue weighted by Gasteiger charge is 2.12. The number of aromatic nitrogens is 2. The molecule has 29 heavy (non-hydrogen) atoms. The number of pyridine rings is 1. The molecule has 0 bridgehead atoms. The van der Waals surface area contributed by atoms with Crippen molar-refractivity contribution in [2.24, 2.45) is 0 Å². The zero-order valence-electron chi connectivity index (χ0n) is 15.7. The van der Waals surface area contributed by atoms with Crippen LogP contribution >= 0.6 is 0 Å². The molecule has 0 unspecified atom stereocenters. The number of para-hydroxylation sites is 2. The van der Waals surface area contributed by atoms with Crippen LogP contribution in [0.25, 0.3) is 10.9 Å². The van der Waals surface area contributed by atoms with E-state index in [1.165, 1.54) is 12.3 Å². The zero-order valence-corrected chi connectivity index (χ0v) is 15.7. The van der Waals surface area contributed by atoms with Crippen LogP contribution in [0.4, 0.5) is 5.69 Å². The number of nitrogens with one attached hydrogen (secondary N) is 3. The Hall–Kier alpha value is -3.93. The maximum absolute atomic E-state index is 12.5. The molecule has 6 heteroatoms. The molecular weight excluding hydrogens is 364 g/mol. The molecule has 0 aliphatic heterocycles. The Labute approximate surface area is 168 Å². The van der Waals surface area contributed by atoms with Crippen molar-refractivity contribution in [2.45, 2.75) is 6.42 Å². The summed E-state index contributed by atoms with van der Waals surface area (Å²) in [5.41, 5.74) is 3.51. The Kier molecular flexibility index (Phi) is 5.33. The fraction of sp³-hybridized carbons (Fsp3) is 0.0870. The van der Waals surface area contributed by atoms with Crippen LogP contribution in [0.2, 0.25) is 0 Å². The van der Waals surface area contributed by atoms with E-state index in [1.807, 2.05) is 42.6 Å². The molecule has 0 saturated heterocycles. The second-order valence-corrected chi connectivity index (χ2v) is 6.62. The third-order valence-electron chi connectivity index (χ3n) is 4.64.